The van der Waals surface area contributed by atoms with Crippen LogP contribution < -0.4 is 5.32 Å². The van der Waals surface area contributed by atoms with E-state index in [4.69, 9.17) is 0 Å². The van der Waals surface area contributed by atoms with Crippen LogP contribution in [0.2, 0.25) is 0 Å². The smallest absolute Gasteiger partial charge is 0.238 e. The highest BCUT2D eigenvalue weighted by atomic mass is 16.2. The van der Waals surface area contributed by atoms with Crippen molar-refractivity contribution in [3.63, 3.8) is 0 Å². The number of rotatable bonds is 3. The monoisotopic (exact) mass is 304 g/mol. The van der Waals surface area contributed by atoms with Gasteiger partial charge in [-0.3, -0.25) is 14.3 Å². The molecule has 0 radical (unpaired) electrons. The van der Waals surface area contributed by atoms with Crippen LogP contribution in [-0.4, -0.2) is 40.1 Å². The van der Waals surface area contributed by atoms with E-state index < -0.39 is 5.41 Å². The maximum absolute atomic E-state index is 13.0. The van der Waals surface area contributed by atoms with Crippen molar-refractivity contribution in [2.45, 2.75) is 45.6 Å². The zero-order valence-corrected chi connectivity index (χ0v) is 13.8. The average molecular weight is 304 g/mol. The predicted molar refractivity (Wildman–Crippen MR) is 82.1 cm³/mol. The molecule has 2 amide bonds. The minimum absolute atomic E-state index is 0.00277. The summed E-state index contributed by atoms with van der Waals surface area (Å²) in [6.07, 6.45) is 3.26. The van der Waals surface area contributed by atoms with Gasteiger partial charge in [0, 0.05) is 31.9 Å². The maximum Gasteiger partial charge on any atom is 0.238 e. The van der Waals surface area contributed by atoms with E-state index >= 15 is 0 Å². The van der Waals surface area contributed by atoms with Crippen molar-refractivity contribution in [3.8, 4) is 0 Å². The Morgan fingerprint density at radius 3 is 2.50 bits per heavy atom. The second kappa shape index (κ2) is 5.11. The molecule has 2 heterocycles. The van der Waals surface area contributed by atoms with Gasteiger partial charge in [-0.25, -0.2) is 0 Å². The van der Waals surface area contributed by atoms with Crippen LogP contribution in [0.25, 0.3) is 0 Å². The van der Waals surface area contributed by atoms with Crippen LogP contribution in [0.1, 0.15) is 48.7 Å². The summed E-state index contributed by atoms with van der Waals surface area (Å²) in [4.78, 5) is 27.0. The van der Waals surface area contributed by atoms with Crippen molar-refractivity contribution >= 4 is 11.8 Å². The van der Waals surface area contributed by atoms with Crippen molar-refractivity contribution < 1.29 is 9.59 Å². The first kappa shape index (κ1) is 15.1. The number of carbonyl (C=O) groups is 2. The molecule has 1 N–H and O–H groups in total. The van der Waals surface area contributed by atoms with Crippen LogP contribution in [0.4, 0.5) is 0 Å². The molecule has 1 saturated heterocycles. The number of hydrogen-bond donors (Lipinski definition) is 1. The number of amides is 2. The van der Waals surface area contributed by atoms with E-state index in [1.54, 1.807) is 7.05 Å². The molecular formula is C16H24N4O2. The van der Waals surface area contributed by atoms with E-state index in [1.807, 2.05) is 30.5 Å². The van der Waals surface area contributed by atoms with Gasteiger partial charge < -0.3 is 10.2 Å². The molecule has 0 bridgehead atoms. The first-order valence-corrected chi connectivity index (χ1v) is 7.95. The van der Waals surface area contributed by atoms with Gasteiger partial charge in [-0.1, -0.05) is 0 Å². The Morgan fingerprint density at radius 1 is 1.32 bits per heavy atom. The van der Waals surface area contributed by atoms with Gasteiger partial charge in [0.1, 0.15) is 5.41 Å². The first-order valence-electron chi connectivity index (χ1n) is 7.95. The molecule has 6 heteroatoms. The Labute approximate surface area is 130 Å². The largest absolute Gasteiger partial charge is 0.358 e. The SMILES string of the molecule is CNC(=O)C1(C(=O)N2CCC[C@H]2c2c(C)nn(C)c2C)CC1. The van der Waals surface area contributed by atoms with Crippen LogP contribution in [0.3, 0.4) is 0 Å². The molecule has 1 aromatic rings. The maximum atomic E-state index is 13.0. The number of likely N-dealkylation sites (tertiary alicyclic amines) is 1. The molecule has 2 aliphatic rings. The van der Waals surface area contributed by atoms with Crippen molar-refractivity contribution in [1.82, 2.24) is 20.0 Å². The molecule has 22 heavy (non-hydrogen) atoms. The van der Waals surface area contributed by atoms with E-state index in [0.717, 1.165) is 36.3 Å². The number of aromatic nitrogens is 2. The molecule has 1 atom stereocenters. The molecule has 1 aromatic heterocycles. The van der Waals surface area contributed by atoms with Crippen LogP contribution in [0.5, 0.6) is 0 Å². The highest BCUT2D eigenvalue weighted by Gasteiger charge is 2.59. The predicted octanol–water partition coefficient (Wildman–Crippen LogP) is 1.23. The van der Waals surface area contributed by atoms with Gasteiger partial charge in [-0.2, -0.15) is 5.10 Å². The van der Waals surface area contributed by atoms with E-state index in [9.17, 15) is 9.59 Å². The fourth-order valence-corrected chi connectivity index (χ4v) is 3.76. The Hall–Kier alpha value is -1.85. The number of carbonyl (C=O) groups excluding carboxylic acids is 2. The second-order valence-corrected chi connectivity index (χ2v) is 6.53. The molecule has 3 rings (SSSR count). The van der Waals surface area contributed by atoms with Crippen LogP contribution in [0.15, 0.2) is 0 Å². The zero-order chi connectivity index (χ0) is 16.1. The van der Waals surface area contributed by atoms with Gasteiger partial charge in [0.05, 0.1) is 11.7 Å². The Morgan fingerprint density at radius 2 is 2.00 bits per heavy atom. The Balaban J connectivity index is 1.91. The third-order valence-electron chi connectivity index (χ3n) is 5.23. The van der Waals surface area contributed by atoms with E-state index in [-0.39, 0.29) is 17.9 Å². The summed E-state index contributed by atoms with van der Waals surface area (Å²) in [6.45, 7) is 4.77. The average Bonchev–Trinajstić information content (AvgIpc) is 3.11. The summed E-state index contributed by atoms with van der Waals surface area (Å²) in [5, 5.41) is 7.13. The van der Waals surface area contributed by atoms with E-state index in [2.05, 4.69) is 10.4 Å². The highest BCUT2D eigenvalue weighted by Crippen LogP contribution is 2.50. The molecule has 1 saturated carbocycles. The van der Waals surface area contributed by atoms with E-state index in [1.165, 1.54) is 0 Å². The summed E-state index contributed by atoms with van der Waals surface area (Å²) in [6, 6.07) is 0.0586. The lowest BCUT2D eigenvalue weighted by molar-refractivity contribution is -0.144. The standard InChI is InChI=1S/C16H24N4O2/c1-10-13(11(2)19(4)18-10)12-6-5-9-20(12)15(22)16(7-8-16)14(21)17-3/h12H,5-9H2,1-4H3,(H,17,21)/t12-/m0/s1. The Bertz CT molecular complexity index is 630. The summed E-state index contributed by atoms with van der Waals surface area (Å²) in [7, 11) is 3.53. The molecular weight excluding hydrogens is 280 g/mol. The van der Waals surface area contributed by atoms with Gasteiger partial charge in [0.25, 0.3) is 0 Å². The molecule has 1 aliphatic carbocycles. The zero-order valence-electron chi connectivity index (χ0n) is 13.8. The van der Waals surface area contributed by atoms with Gasteiger partial charge >= 0.3 is 0 Å². The summed E-state index contributed by atoms with van der Waals surface area (Å²) < 4.78 is 1.87. The normalized spacial score (nSPS) is 22.7. The molecule has 2 fully saturated rings. The van der Waals surface area contributed by atoms with Crippen molar-refractivity contribution in [1.29, 1.82) is 0 Å². The Kier molecular flexibility index (Phi) is 3.50. The second-order valence-electron chi connectivity index (χ2n) is 6.53. The molecule has 0 unspecified atom stereocenters. The van der Waals surface area contributed by atoms with Gasteiger partial charge in [-0.05, 0) is 39.5 Å². The lowest BCUT2D eigenvalue weighted by atomic mass is 9.99. The highest BCUT2D eigenvalue weighted by molar-refractivity contribution is 6.08. The molecule has 0 spiro atoms. The number of nitrogens with one attached hydrogen (secondary N) is 1. The molecule has 1 aliphatic heterocycles. The topological polar surface area (TPSA) is 67.2 Å². The number of hydrogen-bond acceptors (Lipinski definition) is 3. The third-order valence-corrected chi connectivity index (χ3v) is 5.23. The fraction of sp³-hybridized carbons (Fsp3) is 0.688. The molecule has 6 nitrogen and oxygen atoms in total. The fourth-order valence-electron chi connectivity index (χ4n) is 3.76. The van der Waals surface area contributed by atoms with Crippen molar-refractivity contribution in [2.75, 3.05) is 13.6 Å². The van der Waals surface area contributed by atoms with Crippen molar-refractivity contribution in [2.24, 2.45) is 12.5 Å². The lowest BCUT2D eigenvalue weighted by Crippen LogP contribution is -2.44. The van der Waals surface area contributed by atoms with E-state index in [0.29, 0.717) is 12.8 Å². The quantitative estimate of drug-likeness (QED) is 0.854. The minimum Gasteiger partial charge on any atom is -0.358 e. The first-order chi connectivity index (χ1) is 10.4. The van der Waals surface area contributed by atoms with Crippen molar-refractivity contribution in [3.05, 3.63) is 17.0 Å². The number of nitrogens with zero attached hydrogens (tertiary/aromatic N) is 3. The van der Waals surface area contributed by atoms with Gasteiger partial charge in [0.2, 0.25) is 11.8 Å². The summed E-state index contributed by atoms with van der Waals surface area (Å²) in [5.41, 5.74) is 2.43. The third kappa shape index (κ3) is 2.04. The molecule has 120 valence electrons. The molecule has 0 aromatic carbocycles. The number of aryl methyl sites for hydroxylation is 2. The van der Waals surface area contributed by atoms with Crippen LogP contribution in [0, 0.1) is 19.3 Å². The van der Waals surface area contributed by atoms with Crippen LogP contribution >= 0.6 is 0 Å². The van der Waals surface area contributed by atoms with Crippen LogP contribution in [-0.2, 0) is 16.6 Å². The van der Waals surface area contributed by atoms with Gasteiger partial charge in [0.15, 0.2) is 0 Å². The summed E-state index contributed by atoms with van der Waals surface area (Å²) in [5.74, 6) is -0.139. The van der Waals surface area contributed by atoms with Gasteiger partial charge in [-0.15, -0.1) is 0 Å². The summed E-state index contributed by atoms with van der Waals surface area (Å²) >= 11 is 0. The lowest BCUT2D eigenvalue weighted by Gasteiger charge is -2.28. The minimum atomic E-state index is -0.804.